The van der Waals surface area contributed by atoms with Gasteiger partial charge < -0.3 is 29.8 Å². The van der Waals surface area contributed by atoms with Crippen LogP contribution in [-0.4, -0.2) is 63.2 Å². The minimum absolute atomic E-state index is 0.109. The summed E-state index contributed by atoms with van der Waals surface area (Å²) in [5, 5.41) is 0. The van der Waals surface area contributed by atoms with Crippen LogP contribution in [0.15, 0.2) is 36.8 Å². The van der Waals surface area contributed by atoms with Gasteiger partial charge in [-0.05, 0) is 25.5 Å². The van der Waals surface area contributed by atoms with Crippen LogP contribution in [0.1, 0.15) is 46.8 Å². The van der Waals surface area contributed by atoms with Crippen molar-refractivity contribution in [1.82, 2.24) is 24.8 Å². The Balaban J connectivity index is 1.35. The standard InChI is InChI=1S/C28H28F2N6O4/c1-14-24-17(12-40-14)26-20(35-27(24)31)7-21(34-26)28(37)36(22-13-39-6-5-23(22)38-2)11-16-4-3-15(8-33-16)25-18(29)9-32-10-19(25)30/h3-4,7-10,14,22-23,34H,5-6,11-13H2,1-2H3,(H2,31,35)/t14-,22-,23-/m1/s1. The second-order valence-corrected chi connectivity index (χ2v) is 9.94. The van der Waals surface area contributed by atoms with Crippen molar-refractivity contribution < 1.29 is 27.8 Å². The van der Waals surface area contributed by atoms with Crippen molar-refractivity contribution >= 4 is 22.8 Å². The Hall–Kier alpha value is -4.00. The number of nitrogens with zero attached hydrogens (tertiary/aromatic N) is 4. The van der Waals surface area contributed by atoms with Gasteiger partial charge in [0.2, 0.25) is 0 Å². The third kappa shape index (κ3) is 4.57. The highest BCUT2D eigenvalue weighted by Gasteiger charge is 2.36. The zero-order valence-electron chi connectivity index (χ0n) is 22.0. The van der Waals surface area contributed by atoms with Gasteiger partial charge in [-0.3, -0.25) is 14.8 Å². The second-order valence-electron chi connectivity index (χ2n) is 9.94. The number of pyridine rings is 3. The van der Waals surface area contributed by atoms with Crippen molar-refractivity contribution in [3.63, 3.8) is 0 Å². The van der Waals surface area contributed by atoms with Gasteiger partial charge in [-0.1, -0.05) is 6.07 Å². The molecule has 10 nitrogen and oxygen atoms in total. The highest BCUT2D eigenvalue weighted by molar-refractivity contribution is 5.98. The number of anilines is 1. The summed E-state index contributed by atoms with van der Waals surface area (Å²) in [5.41, 5.74) is 10.1. The van der Waals surface area contributed by atoms with Gasteiger partial charge in [0.25, 0.3) is 5.91 Å². The van der Waals surface area contributed by atoms with Crippen LogP contribution in [0.2, 0.25) is 0 Å². The summed E-state index contributed by atoms with van der Waals surface area (Å²) in [6.45, 7) is 3.19. The molecule has 4 aromatic heterocycles. The fourth-order valence-corrected chi connectivity index (χ4v) is 5.54. The minimum atomic E-state index is -0.784. The number of carbonyl (C=O) groups is 1. The number of ether oxygens (including phenoxy) is 3. The predicted octanol–water partition coefficient (Wildman–Crippen LogP) is 3.92. The van der Waals surface area contributed by atoms with E-state index in [1.54, 1.807) is 30.2 Å². The van der Waals surface area contributed by atoms with Gasteiger partial charge in [0.05, 0.1) is 72.7 Å². The number of carbonyl (C=O) groups excluding carboxylic acids is 1. The third-order valence-corrected chi connectivity index (χ3v) is 7.58. The molecule has 6 heterocycles. The first-order valence-electron chi connectivity index (χ1n) is 12.9. The molecule has 1 fully saturated rings. The van der Waals surface area contributed by atoms with Crippen molar-refractivity contribution in [1.29, 1.82) is 0 Å². The first kappa shape index (κ1) is 26.2. The van der Waals surface area contributed by atoms with Crippen molar-refractivity contribution in [3.8, 4) is 11.1 Å². The molecule has 0 bridgehead atoms. The zero-order chi connectivity index (χ0) is 28.0. The molecule has 1 saturated heterocycles. The van der Waals surface area contributed by atoms with E-state index in [0.717, 1.165) is 23.5 Å². The molecule has 12 heteroatoms. The lowest BCUT2D eigenvalue weighted by Crippen LogP contribution is -2.52. The van der Waals surface area contributed by atoms with Crippen LogP contribution in [0.5, 0.6) is 0 Å². The summed E-state index contributed by atoms with van der Waals surface area (Å²) in [7, 11) is 1.61. The summed E-state index contributed by atoms with van der Waals surface area (Å²) < 4.78 is 45.7. The van der Waals surface area contributed by atoms with Crippen LogP contribution in [0.4, 0.5) is 14.6 Å². The van der Waals surface area contributed by atoms with Crippen molar-refractivity contribution in [2.24, 2.45) is 0 Å². The molecule has 2 aliphatic rings. The average molecular weight is 551 g/mol. The maximum Gasteiger partial charge on any atom is 0.271 e. The number of amides is 1. The monoisotopic (exact) mass is 550 g/mol. The number of nitrogens with two attached hydrogens (primary N) is 1. The topological polar surface area (TPSA) is 128 Å². The second kappa shape index (κ2) is 10.5. The van der Waals surface area contributed by atoms with Gasteiger partial charge in [0.1, 0.15) is 11.5 Å². The Morgan fingerprint density at radius 3 is 2.77 bits per heavy atom. The lowest BCUT2D eigenvalue weighted by Gasteiger charge is -2.38. The number of halogens is 2. The minimum Gasteiger partial charge on any atom is -0.383 e. The Morgan fingerprint density at radius 1 is 1.25 bits per heavy atom. The summed E-state index contributed by atoms with van der Waals surface area (Å²) in [6.07, 6.45) is 3.46. The number of hydrogen-bond acceptors (Lipinski definition) is 8. The number of rotatable bonds is 6. The van der Waals surface area contributed by atoms with Gasteiger partial charge in [-0.2, -0.15) is 0 Å². The fraction of sp³-hybridized carbons (Fsp3) is 0.357. The number of hydrogen-bond donors (Lipinski definition) is 2. The largest absolute Gasteiger partial charge is 0.383 e. The number of methoxy groups -OCH3 is 1. The molecule has 0 radical (unpaired) electrons. The zero-order valence-corrected chi connectivity index (χ0v) is 22.0. The number of aromatic amines is 1. The molecular formula is C28H28F2N6O4. The number of nitrogen functional groups attached to an aromatic ring is 1. The van der Waals surface area contributed by atoms with Crippen LogP contribution in [0.25, 0.3) is 22.2 Å². The molecule has 0 aliphatic carbocycles. The number of H-pyrrole nitrogens is 1. The van der Waals surface area contributed by atoms with Gasteiger partial charge >= 0.3 is 0 Å². The van der Waals surface area contributed by atoms with Gasteiger partial charge in [0.15, 0.2) is 11.6 Å². The molecule has 4 aromatic rings. The molecule has 0 spiro atoms. The van der Waals surface area contributed by atoms with E-state index >= 15 is 0 Å². The number of nitrogens with one attached hydrogen (secondary N) is 1. The van der Waals surface area contributed by atoms with E-state index in [-0.39, 0.29) is 42.4 Å². The summed E-state index contributed by atoms with van der Waals surface area (Å²) in [6, 6.07) is 4.49. The lowest BCUT2D eigenvalue weighted by atomic mass is 10.0. The normalized spacial score (nSPS) is 20.6. The van der Waals surface area contributed by atoms with Crippen molar-refractivity contribution in [2.45, 2.75) is 44.7 Å². The van der Waals surface area contributed by atoms with Gasteiger partial charge in [0, 0.05) is 36.6 Å². The maximum absolute atomic E-state index is 14.2. The molecule has 208 valence electrons. The first-order valence-corrected chi connectivity index (χ1v) is 12.9. The van der Waals surface area contributed by atoms with Crippen LogP contribution in [0, 0.1) is 11.6 Å². The van der Waals surface area contributed by atoms with Crippen LogP contribution in [-0.2, 0) is 27.4 Å². The molecule has 3 atom stereocenters. The quantitative estimate of drug-likeness (QED) is 0.370. The number of aromatic nitrogens is 4. The highest BCUT2D eigenvalue weighted by Crippen LogP contribution is 2.38. The van der Waals surface area contributed by atoms with E-state index in [0.29, 0.717) is 47.9 Å². The molecule has 40 heavy (non-hydrogen) atoms. The number of fused-ring (bicyclic) bond motifs is 3. The van der Waals surface area contributed by atoms with Crippen molar-refractivity contribution in [2.75, 3.05) is 26.1 Å². The maximum atomic E-state index is 14.2. The fourth-order valence-electron chi connectivity index (χ4n) is 5.54. The summed E-state index contributed by atoms with van der Waals surface area (Å²) in [5.74, 6) is -1.48. The van der Waals surface area contributed by atoms with E-state index in [2.05, 4.69) is 19.9 Å². The van der Waals surface area contributed by atoms with E-state index in [9.17, 15) is 13.6 Å². The Bertz CT molecular complexity index is 1560. The molecule has 1 amide bonds. The molecule has 2 aliphatic heterocycles. The highest BCUT2D eigenvalue weighted by atomic mass is 19.1. The molecule has 0 unspecified atom stereocenters. The Labute approximate surface area is 228 Å². The molecule has 6 rings (SSSR count). The van der Waals surface area contributed by atoms with E-state index in [1.807, 2.05) is 6.92 Å². The van der Waals surface area contributed by atoms with Crippen LogP contribution < -0.4 is 5.73 Å². The summed E-state index contributed by atoms with van der Waals surface area (Å²) in [4.78, 5) is 31.4. The molecular weight excluding hydrogens is 522 g/mol. The van der Waals surface area contributed by atoms with E-state index < -0.39 is 17.7 Å². The van der Waals surface area contributed by atoms with Gasteiger partial charge in [-0.15, -0.1) is 0 Å². The predicted molar refractivity (Wildman–Crippen MR) is 141 cm³/mol. The van der Waals surface area contributed by atoms with Crippen LogP contribution in [0.3, 0.4) is 0 Å². The molecule has 0 saturated carbocycles. The Kier molecular flexibility index (Phi) is 6.90. The van der Waals surface area contributed by atoms with E-state index in [4.69, 9.17) is 19.9 Å². The smallest absolute Gasteiger partial charge is 0.271 e. The van der Waals surface area contributed by atoms with Gasteiger partial charge in [-0.25, -0.2) is 13.8 Å². The van der Waals surface area contributed by atoms with Crippen molar-refractivity contribution in [3.05, 3.63) is 70.9 Å². The average Bonchev–Trinajstić information content (AvgIpc) is 3.56. The summed E-state index contributed by atoms with van der Waals surface area (Å²) >= 11 is 0. The van der Waals surface area contributed by atoms with E-state index in [1.165, 1.54) is 6.20 Å². The first-order chi connectivity index (χ1) is 19.4. The third-order valence-electron chi connectivity index (χ3n) is 7.58. The Morgan fingerprint density at radius 2 is 2.05 bits per heavy atom. The SMILES string of the molecule is CO[C@@H]1CCOC[C@H]1N(Cc1ccc(-c2c(F)cncc2F)cn1)C(=O)c1cc2nc(N)c3c(c2[nH]1)CO[C@@H]3C. The molecule has 0 aromatic carbocycles. The lowest BCUT2D eigenvalue weighted by molar-refractivity contribution is -0.0716. The molecule has 3 N–H and O–H groups in total. The van der Waals surface area contributed by atoms with Crippen LogP contribution >= 0.6 is 0 Å².